The monoisotopic (exact) mass is 262 g/mol. The average molecular weight is 262 g/mol. The Labute approximate surface area is 114 Å². The lowest BCUT2D eigenvalue weighted by Crippen LogP contribution is -2.37. The van der Waals surface area contributed by atoms with Gasteiger partial charge in [-0.2, -0.15) is 0 Å². The Morgan fingerprint density at radius 2 is 1.95 bits per heavy atom. The van der Waals surface area contributed by atoms with Crippen LogP contribution in [0.3, 0.4) is 0 Å². The van der Waals surface area contributed by atoms with Crippen LogP contribution in [0, 0.1) is 20.8 Å². The number of ether oxygens (including phenoxy) is 2. The molecule has 0 saturated heterocycles. The highest BCUT2D eigenvalue weighted by Gasteiger charge is 2.34. The van der Waals surface area contributed by atoms with E-state index in [0.717, 1.165) is 47.3 Å². The molecule has 3 heteroatoms. The van der Waals surface area contributed by atoms with E-state index in [4.69, 9.17) is 9.47 Å². The molecule has 1 aromatic carbocycles. The summed E-state index contributed by atoms with van der Waals surface area (Å²) in [6.45, 7) is 8.20. The number of carbonyl (C=O) groups excluding carboxylic acids is 1. The van der Waals surface area contributed by atoms with Gasteiger partial charge >= 0.3 is 0 Å². The highest BCUT2D eigenvalue weighted by molar-refractivity contribution is 5.59. The molecule has 0 aromatic heterocycles. The van der Waals surface area contributed by atoms with Crippen LogP contribution >= 0.6 is 0 Å². The fourth-order valence-corrected chi connectivity index (χ4v) is 2.91. The topological polar surface area (TPSA) is 35.5 Å². The van der Waals surface area contributed by atoms with Crippen molar-refractivity contribution in [3.05, 3.63) is 22.3 Å². The number of rotatable bonds is 3. The van der Waals surface area contributed by atoms with Crippen LogP contribution in [0.25, 0.3) is 0 Å². The SMILES string of the molecule is COc1c(C)c(C)c2c(c1C)CC[C@@](C)(CC=O)O2. The van der Waals surface area contributed by atoms with Crippen LogP contribution in [0.15, 0.2) is 0 Å². The van der Waals surface area contributed by atoms with Gasteiger partial charge in [0.2, 0.25) is 0 Å². The lowest BCUT2D eigenvalue weighted by Gasteiger charge is -2.37. The summed E-state index contributed by atoms with van der Waals surface area (Å²) < 4.78 is 11.7. The van der Waals surface area contributed by atoms with Crippen LogP contribution < -0.4 is 9.47 Å². The number of hydrogen-bond donors (Lipinski definition) is 0. The molecule has 0 unspecified atom stereocenters. The maximum Gasteiger partial charge on any atom is 0.127 e. The van der Waals surface area contributed by atoms with Crippen LogP contribution in [0.2, 0.25) is 0 Å². The molecule has 0 N–H and O–H groups in total. The summed E-state index contributed by atoms with van der Waals surface area (Å²) in [7, 11) is 1.71. The van der Waals surface area contributed by atoms with Gasteiger partial charge in [0.1, 0.15) is 23.4 Å². The number of hydrogen-bond acceptors (Lipinski definition) is 3. The highest BCUT2D eigenvalue weighted by Crippen LogP contribution is 2.44. The van der Waals surface area contributed by atoms with Gasteiger partial charge < -0.3 is 14.3 Å². The number of aldehydes is 1. The number of carbonyl (C=O) groups is 1. The molecule has 104 valence electrons. The normalized spacial score (nSPS) is 21.5. The van der Waals surface area contributed by atoms with Crippen molar-refractivity contribution in [1.82, 2.24) is 0 Å². The zero-order valence-electron chi connectivity index (χ0n) is 12.4. The number of methoxy groups -OCH3 is 1. The van der Waals surface area contributed by atoms with E-state index in [1.807, 2.05) is 6.92 Å². The maximum atomic E-state index is 10.8. The Kier molecular flexibility index (Phi) is 3.57. The maximum absolute atomic E-state index is 10.8. The molecule has 0 bridgehead atoms. The first-order valence-corrected chi connectivity index (χ1v) is 6.73. The van der Waals surface area contributed by atoms with Crippen molar-refractivity contribution in [3.63, 3.8) is 0 Å². The Morgan fingerprint density at radius 1 is 1.26 bits per heavy atom. The van der Waals surface area contributed by atoms with E-state index in [2.05, 4.69) is 20.8 Å². The van der Waals surface area contributed by atoms with E-state index in [-0.39, 0.29) is 5.60 Å². The molecule has 0 radical (unpaired) electrons. The summed E-state index contributed by atoms with van der Waals surface area (Å²) in [4.78, 5) is 10.8. The Morgan fingerprint density at radius 3 is 2.53 bits per heavy atom. The van der Waals surface area contributed by atoms with Crippen molar-refractivity contribution >= 4 is 6.29 Å². The minimum Gasteiger partial charge on any atom is -0.496 e. The molecule has 1 atom stereocenters. The second-order valence-corrected chi connectivity index (χ2v) is 5.64. The molecular formula is C16H22O3. The second-order valence-electron chi connectivity index (χ2n) is 5.64. The van der Waals surface area contributed by atoms with E-state index >= 15 is 0 Å². The third-order valence-electron chi connectivity index (χ3n) is 4.28. The fourth-order valence-electron chi connectivity index (χ4n) is 2.91. The van der Waals surface area contributed by atoms with Crippen molar-refractivity contribution in [2.45, 2.75) is 52.6 Å². The fraction of sp³-hybridized carbons (Fsp3) is 0.562. The molecule has 1 heterocycles. The van der Waals surface area contributed by atoms with Gasteiger partial charge in [-0.25, -0.2) is 0 Å². The van der Waals surface area contributed by atoms with E-state index in [1.54, 1.807) is 7.11 Å². The van der Waals surface area contributed by atoms with E-state index < -0.39 is 0 Å². The zero-order chi connectivity index (χ0) is 14.2. The quantitative estimate of drug-likeness (QED) is 0.784. The Bertz CT molecular complexity index is 519. The molecule has 1 aromatic rings. The summed E-state index contributed by atoms with van der Waals surface area (Å²) in [6, 6.07) is 0. The predicted octanol–water partition coefficient (Wildman–Crippen LogP) is 3.29. The van der Waals surface area contributed by atoms with Crippen molar-refractivity contribution in [2.24, 2.45) is 0 Å². The first kappa shape index (κ1) is 13.9. The van der Waals surface area contributed by atoms with Gasteiger partial charge in [0, 0.05) is 12.0 Å². The number of fused-ring (bicyclic) bond motifs is 1. The molecule has 0 amide bonds. The van der Waals surface area contributed by atoms with Crippen molar-refractivity contribution in [1.29, 1.82) is 0 Å². The highest BCUT2D eigenvalue weighted by atomic mass is 16.5. The van der Waals surface area contributed by atoms with Crippen molar-refractivity contribution in [3.8, 4) is 11.5 Å². The van der Waals surface area contributed by atoms with Gasteiger partial charge in [0.25, 0.3) is 0 Å². The van der Waals surface area contributed by atoms with Crippen molar-refractivity contribution < 1.29 is 14.3 Å². The first-order valence-electron chi connectivity index (χ1n) is 6.73. The van der Waals surface area contributed by atoms with Crippen LogP contribution in [-0.4, -0.2) is 19.0 Å². The van der Waals surface area contributed by atoms with Gasteiger partial charge in [0.05, 0.1) is 7.11 Å². The minimum absolute atomic E-state index is 0.368. The smallest absolute Gasteiger partial charge is 0.127 e. The van der Waals surface area contributed by atoms with Gasteiger partial charge in [-0.05, 0) is 57.2 Å². The van der Waals surface area contributed by atoms with Gasteiger partial charge in [0.15, 0.2) is 0 Å². The lowest BCUT2D eigenvalue weighted by atomic mass is 9.86. The van der Waals surface area contributed by atoms with Crippen LogP contribution in [0.5, 0.6) is 11.5 Å². The summed E-state index contributed by atoms with van der Waals surface area (Å²) in [5.41, 5.74) is 4.26. The van der Waals surface area contributed by atoms with Crippen molar-refractivity contribution in [2.75, 3.05) is 7.11 Å². The molecule has 2 rings (SSSR count). The molecule has 0 aliphatic carbocycles. The molecule has 0 fully saturated rings. The van der Waals surface area contributed by atoms with Crippen LogP contribution in [0.1, 0.15) is 42.0 Å². The summed E-state index contributed by atoms with van der Waals surface area (Å²) in [6.07, 6.45) is 3.19. The predicted molar refractivity (Wildman–Crippen MR) is 75.2 cm³/mol. The van der Waals surface area contributed by atoms with Crippen LogP contribution in [0.4, 0.5) is 0 Å². The second kappa shape index (κ2) is 4.87. The van der Waals surface area contributed by atoms with Crippen LogP contribution in [-0.2, 0) is 11.2 Å². The van der Waals surface area contributed by atoms with E-state index in [1.165, 1.54) is 5.56 Å². The van der Waals surface area contributed by atoms with Gasteiger partial charge in [-0.3, -0.25) is 0 Å². The summed E-state index contributed by atoms with van der Waals surface area (Å²) in [5, 5.41) is 0. The molecule has 1 aliphatic rings. The Hall–Kier alpha value is -1.51. The number of benzene rings is 1. The first-order chi connectivity index (χ1) is 8.93. The molecule has 0 spiro atoms. The van der Waals surface area contributed by atoms with E-state index in [0.29, 0.717) is 6.42 Å². The largest absolute Gasteiger partial charge is 0.496 e. The zero-order valence-corrected chi connectivity index (χ0v) is 12.4. The molecular weight excluding hydrogens is 240 g/mol. The third-order valence-corrected chi connectivity index (χ3v) is 4.28. The average Bonchev–Trinajstić information content (AvgIpc) is 2.37. The molecule has 3 nitrogen and oxygen atoms in total. The lowest BCUT2D eigenvalue weighted by molar-refractivity contribution is -0.111. The van der Waals surface area contributed by atoms with Gasteiger partial charge in [-0.15, -0.1) is 0 Å². The third kappa shape index (κ3) is 2.22. The summed E-state index contributed by atoms with van der Waals surface area (Å²) >= 11 is 0. The minimum atomic E-state index is -0.368. The Balaban J connectivity index is 2.54. The standard InChI is InChI=1S/C16H22O3/c1-10-11(2)15-13(12(3)14(10)18-5)6-7-16(4,19-15)8-9-17/h9H,6-8H2,1-5H3/t16-/m0/s1. The van der Waals surface area contributed by atoms with Gasteiger partial charge in [-0.1, -0.05) is 0 Å². The molecule has 0 saturated carbocycles. The molecule has 19 heavy (non-hydrogen) atoms. The molecule has 1 aliphatic heterocycles. The summed E-state index contributed by atoms with van der Waals surface area (Å²) in [5.74, 6) is 1.91. The van der Waals surface area contributed by atoms with E-state index in [9.17, 15) is 4.79 Å².